The third-order valence-corrected chi connectivity index (χ3v) is 2.40. The van der Waals surface area contributed by atoms with Gasteiger partial charge < -0.3 is 4.55 Å². The highest BCUT2D eigenvalue weighted by Gasteiger charge is 2.36. The van der Waals surface area contributed by atoms with Gasteiger partial charge in [-0.1, -0.05) is 0 Å². The molecule has 17 heavy (non-hydrogen) atoms. The Balaban J connectivity index is 0.000000304. The number of pyridine rings is 1. The minimum Gasteiger partial charge on any atom is -0.741 e. The fourth-order valence-electron chi connectivity index (χ4n) is 0.827. The topological polar surface area (TPSA) is 71.3 Å². The maximum atomic E-state index is 10.7. The molecule has 0 amide bonds. The first kappa shape index (κ1) is 15.9. The van der Waals surface area contributed by atoms with E-state index >= 15 is 0 Å². The number of aryl methyl sites for hydroxylation is 3. The fraction of sp³-hybridized carbons (Fsp3) is 0.444. The van der Waals surface area contributed by atoms with Gasteiger partial charge in [0, 0.05) is 18.1 Å². The lowest BCUT2D eigenvalue weighted by Crippen LogP contribution is -2.21. The summed E-state index contributed by atoms with van der Waals surface area (Å²) in [7, 11) is -6.09. The van der Waals surface area contributed by atoms with Crippen molar-refractivity contribution in [3.05, 3.63) is 29.1 Å². The van der Waals surface area contributed by atoms with E-state index in [0.717, 1.165) is 0 Å². The molecule has 0 fully saturated rings. The van der Waals surface area contributed by atoms with Gasteiger partial charge in [0.1, 0.15) is 0 Å². The summed E-state index contributed by atoms with van der Waals surface area (Å²) in [6.07, 6.45) is 2.02. The standard InChI is InChI=1S/C8H11N.CHF3O3S/c1-6-4-7(2)8(3)9-5-6;2-1(3,4)8(5,6)7/h4-5H,1-3H3;(H,5,6,7). The van der Waals surface area contributed by atoms with Crippen molar-refractivity contribution in [2.24, 2.45) is 0 Å². The molecule has 98 valence electrons. The van der Waals surface area contributed by atoms with Gasteiger partial charge in [-0.15, -0.1) is 0 Å². The van der Waals surface area contributed by atoms with E-state index in [1.165, 1.54) is 16.8 Å². The van der Waals surface area contributed by atoms with Crippen LogP contribution in [0.25, 0.3) is 0 Å². The Morgan fingerprint density at radius 1 is 1.24 bits per heavy atom. The number of hydrogen-bond donors (Lipinski definition) is 0. The Bertz CT molecular complexity index is 483. The zero-order chi connectivity index (χ0) is 13.9. The Labute approximate surface area is 97.2 Å². The summed E-state index contributed by atoms with van der Waals surface area (Å²) in [5, 5.41) is 0. The summed E-state index contributed by atoms with van der Waals surface area (Å²) >= 11 is 0. The van der Waals surface area contributed by atoms with Gasteiger partial charge in [0.2, 0.25) is 0 Å². The highest BCUT2D eigenvalue weighted by molar-refractivity contribution is 7.86. The van der Waals surface area contributed by atoms with Crippen LogP contribution in [0.5, 0.6) is 0 Å². The van der Waals surface area contributed by atoms with Crippen LogP contribution >= 0.6 is 0 Å². The quantitative estimate of drug-likeness (QED) is 0.530. The van der Waals surface area contributed by atoms with Gasteiger partial charge in [0.05, 0.1) is 0 Å². The Morgan fingerprint density at radius 2 is 1.65 bits per heavy atom. The molecule has 1 rings (SSSR count). The molecule has 1 N–H and O–H groups in total. The molecule has 0 bridgehead atoms. The van der Waals surface area contributed by atoms with Crippen LogP contribution in [0.15, 0.2) is 12.3 Å². The molecule has 0 unspecified atom stereocenters. The van der Waals surface area contributed by atoms with Crippen molar-refractivity contribution in [3.63, 3.8) is 0 Å². The van der Waals surface area contributed by atoms with Crippen molar-refractivity contribution in [1.82, 2.24) is 0 Å². The van der Waals surface area contributed by atoms with Crippen LogP contribution in [0, 0.1) is 20.8 Å². The Morgan fingerprint density at radius 3 is 1.88 bits per heavy atom. The normalized spacial score (nSPS) is 11.7. The van der Waals surface area contributed by atoms with E-state index < -0.39 is 15.6 Å². The Kier molecular flexibility index (Phi) is 5.09. The van der Waals surface area contributed by atoms with Gasteiger partial charge in [-0.2, -0.15) is 13.2 Å². The molecule has 0 aliphatic rings. The minimum absolute atomic E-state index is 1.25. The maximum Gasteiger partial charge on any atom is 0.485 e. The number of aromatic amines is 1. The molecule has 4 nitrogen and oxygen atoms in total. The molecule has 1 heterocycles. The third-order valence-electron chi connectivity index (χ3n) is 1.84. The van der Waals surface area contributed by atoms with Gasteiger partial charge in [-0.3, -0.25) is 0 Å². The molecular weight excluding hydrogens is 259 g/mol. The Hall–Kier alpha value is -1.15. The van der Waals surface area contributed by atoms with Crippen LogP contribution in [0.3, 0.4) is 0 Å². The van der Waals surface area contributed by atoms with Crippen LogP contribution in [-0.4, -0.2) is 18.5 Å². The highest BCUT2D eigenvalue weighted by Crippen LogP contribution is 2.20. The van der Waals surface area contributed by atoms with E-state index in [-0.39, 0.29) is 0 Å². The first-order valence-electron chi connectivity index (χ1n) is 4.43. The summed E-state index contributed by atoms with van der Waals surface area (Å²) in [6, 6.07) is 2.17. The van der Waals surface area contributed by atoms with Crippen LogP contribution in [-0.2, 0) is 10.1 Å². The van der Waals surface area contributed by atoms with Crippen molar-refractivity contribution in [3.8, 4) is 0 Å². The third kappa shape index (κ3) is 5.64. The summed E-state index contributed by atoms with van der Waals surface area (Å²) in [6.45, 7) is 6.27. The van der Waals surface area contributed by atoms with Gasteiger partial charge >= 0.3 is 5.51 Å². The van der Waals surface area contributed by atoms with Gasteiger partial charge in [-0.25, -0.2) is 13.4 Å². The number of H-pyrrole nitrogens is 1. The number of rotatable bonds is 0. The van der Waals surface area contributed by atoms with E-state index in [2.05, 4.69) is 31.8 Å². The first-order valence-corrected chi connectivity index (χ1v) is 5.83. The SMILES string of the molecule is Cc1c[nH+]c(C)c(C)c1.O=S(=O)([O-])C(F)(F)F. The smallest absolute Gasteiger partial charge is 0.485 e. The zero-order valence-electron chi connectivity index (χ0n) is 9.42. The largest absolute Gasteiger partial charge is 0.741 e. The lowest BCUT2D eigenvalue weighted by atomic mass is 10.2. The summed E-state index contributed by atoms with van der Waals surface area (Å²) < 4.78 is 58.9. The van der Waals surface area contributed by atoms with Crippen molar-refractivity contribution < 1.29 is 31.1 Å². The number of aromatic nitrogens is 1. The number of alkyl halides is 3. The van der Waals surface area contributed by atoms with Crippen LogP contribution < -0.4 is 4.98 Å². The summed E-state index contributed by atoms with van der Waals surface area (Å²) in [4.78, 5) is 3.17. The second kappa shape index (κ2) is 5.46. The average molecular weight is 271 g/mol. The van der Waals surface area contributed by atoms with E-state index in [1.807, 2.05) is 6.20 Å². The van der Waals surface area contributed by atoms with Crippen molar-refractivity contribution in [1.29, 1.82) is 0 Å². The zero-order valence-corrected chi connectivity index (χ0v) is 10.2. The molecule has 1 aromatic rings. The predicted octanol–water partition coefficient (Wildman–Crippen LogP) is 1.48. The summed E-state index contributed by atoms with van der Waals surface area (Å²) in [5.74, 6) is 0. The first-order chi connectivity index (χ1) is 7.45. The van der Waals surface area contributed by atoms with Crippen LogP contribution in [0.2, 0.25) is 0 Å². The summed E-state index contributed by atoms with van der Waals surface area (Å²) in [5.41, 5.74) is -1.78. The van der Waals surface area contributed by atoms with E-state index in [1.54, 1.807) is 0 Å². The molecule has 0 atom stereocenters. The molecule has 0 saturated carbocycles. The molecule has 0 aliphatic heterocycles. The molecule has 0 saturated heterocycles. The van der Waals surface area contributed by atoms with Gasteiger partial charge in [0.15, 0.2) is 22.0 Å². The molecule has 0 aliphatic carbocycles. The van der Waals surface area contributed by atoms with Crippen LogP contribution in [0.4, 0.5) is 13.2 Å². The van der Waals surface area contributed by atoms with E-state index in [0.29, 0.717) is 0 Å². The molecule has 8 heteroatoms. The number of nitrogens with one attached hydrogen (secondary N) is 1. The molecule has 1 aromatic heterocycles. The lowest BCUT2D eigenvalue weighted by Gasteiger charge is -2.08. The molecular formula is C9H12F3NO3S. The van der Waals surface area contributed by atoms with E-state index in [9.17, 15) is 13.2 Å². The number of halogens is 3. The highest BCUT2D eigenvalue weighted by atomic mass is 32.2. The number of hydrogen-bond acceptors (Lipinski definition) is 3. The maximum absolute atomic E-state index is 10.7. The van der Waals surface area contributed by atoms with E-state index in [4.69, 9.17) is 13.0 Å². The monoisotopic (exact) mass is 271 g/mol. The fourth-order valence-corrected chi connectivity index (χ4v) is 0.827. The molecule has 0 spiro atoms. The second-order valence-corrected chi connectivity index (χ2v) is 4.76. The average Bonchev–Trinajstić information content (AvgIpc) is 2.09. The van der Waals surface area contributed by atoms with Gasteiger partial charge in [0.25, 0.3) is 0 Å². The van der Waals surface area contributed by atoms with Crippen molar-refractivity contribution in [2.75, 3.05) is 0 Å². The molecule has 0 radical (unpaired) electrons. The van der Waals surface area contributed by atoms with Crippen molar-refractivity contribution >= 4 is 10.1 Å². The predicted molar refractivity (Wildman–Crippen MR) is 53.0 cm³/mol. The molecule has 0 aromatic carbocycles. The van der Waals surface area contributed by atoms with Crippen molar-refractivity contribution in [2.45, 2.75) is 26.3 Å². The lowest BCUT2D eigenvalue weighted by molar-refractivity contribution is -0.388. The van der Waals surface area contributed by atoms with Crippen LogP contribution in [0.1, 0.15) is 16.8 Å². The van der Waals surface area contributed by atoms with Gasteiger partial charge in [-0.05, 0) is 19.9 Å². The second-order valence-electron chi connectivity index (χ2n) is 3.38. The minimum atomic E-state index is -6.09.